The number of rotatable bonds is 11. The Kier molecular flexibility index (Phi) is 10.0. The maximum absolute atomic E-state index is 12.2. The Labute approximate surface area is 124 Å². The topological polar surface area (TPSA) is 52.6 Å². The zero-order chi connectivity index (χ0) is 15.6. The Morgan fingerprint density at radius 3 is 2.40 bits per heavy atom. The Morgan fingerprint density at radius 1 is 1.20 bits per heavy atom. The second-order valence-electron chi connectivity index (χ2n) is 6.03. The summed E-state index contributed by atoms with van der Waals surface area (Å²) in [6.07, 6.45) is 2.62. The average Bonchev–Trinajstić information content (AvgIpc) is 2.37. The van der Waals surface area contributed by atoms with Crippen LogP contribution in [0.1, 0.15) is 53.9 Å². The van der Waals surface area contributed by atoms with Gasteiger partial charge in [0.05, 0.1) is 13.2 Å². The third kappa shape index (κ3) is 9.44. The van der Waals surface area contributed by atoms with Crippen LogP contribution in [-0.4, -0.2) is 37.1 Å². The molecule has 0 fully saturated rings. The largest absolute Gasteiger partial charge is 0.465 e. The highest BCUT2D eigenvalue weighted by atomic mass is 31.1. The lowest BCUT2D eigenvalue weighted by atomic mass is 10.1. The molecule has 0 aliphatic heterocycles. The van der Waals surface area contributed by atoms with Crippen LogP contribution in [0.3, 0.4) is 0 Å². The van der Waals surface area contributed by atoms with Crippen LogP contribution in [-0.2, 0) is 18.8 Å². The third-order valence-electron chi connectivity index (χ3n) is 3.22. The molecule has 0 heterocycles. The Bertz CT molecular complexity index is 300. The molecule has 1 unspecified atom stereocenters. The summed E-state index contributed by atoms with van der Waals surface area (Å²) in [5.41, 5.74) is 0. The maximum atomic E-state index is 12.2. The molecular weight excluding hydrogens is 275 g/mol. The third-order valence-corrected chi connectivity index (χ3v) is 5.38. The lowest BCUT2D eigenvalue weighted by Gasteiger charge is -2.14. The molecule has 5 heteroatoms. The van der Waals surface area contributed by atoms with E-state index >= 15 is 0 Å². The maximum Gasteiger partial charge on any atom is 0.346 e. The van der Waals surface area contributed by atoms with E-state index in [1.807, 2.05) is 13.8 Å². The highest BCUT2D eigenvalue weighted by molar-refractivity contribution is 7.46. The lowest BCUT2D eigenvalue weighted by Crippen LogP contribution is -2.20. The summed E-state index contributed by atoms with van der Waals surface area (Å²) in [6, 6.07) is 0. The predicted molar refractivity (Wildman–Crippen MR) is 82.7 cm³/mol. The zero-order valence-corrected chi connectivity index (χ0v) is 14.5. The number of ether oxygens (including phenoxy) is 2. The van der Waals surface area contributed by atoms with E-state index in [0.717, 1.165) is 13.0 Å². The summed E-state index contributed by atoms with van der Waals surface area (Å²) in [6.45, 7) is 11.6. The molecule has 0 spiro atoms. The minimum absolute atomic E-state index is 0.201. The van der Waals surface area contributed by atoms with Gasteiger partial charge in [0.15, 0.2) is 11.3 Å². The summed E-state index contributed by atoms with van der Waals surface area (Å²) >= 11 is 0. The fourth-order valence-corrected chi connectivity index (χ4v) is 2.75. The first kappa shape index (κ1) is 19.5. The van der Waals surface area contributed by atoms with E-state index in [1.165, 1.54) is 0 Å². The van der Waals surface area contributed by atoms with Crippen molar-refractivity contribution >= 4 is 13.8 Å². The van der Waals surface area contributed by atoms with Crippen LogP contribution in [0.4, 0.5) is 0 Å². The predicted octanol–water partition coefficient (Wildman–Crippen LogP) is 4.00. The monoisotopic (exact) mass is 305 g/mol. The van der Waals surface area contributed by atoms with Gasteiger partial charge in [0, 0.05) is 19.4 Å². The molecule has 0 N–H and O–H groups in total. The van der Waals surface area contributed by atoms with Gasteiger partial charge in [0.2, 0.25) is 0 Å². The van der Waals surface area contributed by atoms with Crippen molar-refractivity contribution in [3.63, 3.8) is 0 Å². The standard InChI is InChI=1S/C15H30O4P/c1-6-14(16)19-10-8-15(4,5)20(17)12-11-18-9-7-13(2)3/h13H,6-12H2,1-5H3/q+1. The van der Waals surface area contributed by atoms with Crippen LogP contribution in [0.2, 0.25) is 0 Å². The van der Waals surface area contributed by atoms with Crippen LogP contribution in [0.25, 0.3) is 0 Å². The summed E-state index contributed by atoms with van der Waals surface area (Å²) < 4.78 is 22.8. The van der Waals surface area contributed by atoms with Crippen molar-refractivity contribution in [3.05, 3.63) is 0 Å². The molecule has 0 aromatic carbocycles. The van der Waals surface area contributed by atoms with Crippen molar-refractivity contribution in [1.82, 2.24) is 0 Å². The van der Waals surface area contributed by atoms with Crippen LogP contribution < -0.4 is 0 Å². The fraction of sp³-hybridized carbons (Fsp3) is 0.933. The molecule has 0 rings (SSSR count). The van der Waals surface area contributed by atoms with Gasteiger partial charge in [-0.3, -0.25) is 4.79 Å². The van der Waals surface area contributed by atoms with Gasteiger partial charge in [-0.15, -0.1) is 0 Å². The van der Waals surface area contributed by atoms with E-state index in [9.17, 15) is 9.36 Å². The SMILES string of the molecule is CCC(=O)OCCC(C)(C)[P+](=O)CCOCCC(C)C. The number of esters is 1. The van der Waals surface area contributed by atoms with E-state index in [2.05, 4.69) is 13.8 Å². The molecule has 1 atom stereocenters. The molecule has 0 bridgehead atoms. The first-order valence-electron chi connectivity index (χ1n) is 7.47. The van der Waals surface area contributed by atoms with Gasteiger partial charge in [0.1, 0.15) is 0 Å². The summed E-state index contributed by atoms with van der Waals surface area (Å²) in [4.78, 5) is 11.1. The number of hydrogen-bond donors (Lipinski definition) is 0. The number of carbonyl (C=O) groups excluding carboxylic acids is 1. The van der Waals surface area contributed by atoms with Crippen LogP contribution in [0.15, 0.2) is 0 Å². The Hall–Kier alpha value is -0.470. The lowest BCUT2D eigenvalue weighted by molar-refractivity contribution is -0.143. The van der Waals surface area contributed by atoms with E-state index in [1.54, 1.807) is 6.92 Å². The fourth-order valence-electron chi connectivity index (χ4n) is 1.51. The molecule has 0 saturated carbocycles. The molecule has 4 nitrogen and oxygen atoms in total. The molecule has 118 valence electrons. The highest BCUT2D eigenvalue weighted by Gasteiger charge is 2.38. The van der Waals surface area contributed by atoms with Crippen molar-refractivity contribution in [1.29, 1.82) is 0 Å². The van der Waals surface area contributed by atoms with E-state index in [0.29, 0.717) is 38.1 Å². The van der Waals surface area contributed by atoms with Gasteiger partial charge in [-0.1, -0.05) is 25.3 Å². The summed E-state index contributed by atoms with van der Waals surface area (Å²) in [5.74, 6) is 0.432. The van der Waals surface area contributed by atoms with E-state index in [-0.39, 0.29) is 11.1 Å². The van der Waals surface area contributed by atoms with Gasteiger partial charge in [-0.25, -0.2) is 0 Å². The van der Waals surface area contributed by atoms with Crippen molar-refractivity contribution in [2.75, 3.05) is 26.0 Å². The zero-order valence-electron chi connectivity index (χ0n) is 13.6. The van der Waals surface area contributed by atoms with Crippen LogP contribution in [0, 0.1) is 5.92 Å². The van der Waals surface area contributed by atoms with Gasteiger partial charge in [-0.2, -0.15) is 0 Å². The summed E-state index contributed by atoms with van der Waals surface area (Å²) in [7, 11) is -1.36. The average molecular weight is 305 g/mol. The van der Waals surface area contributed by atoms with Gasteiger partial charge in [-0.05, 0) is 26.2 Å². The van der Waals surface area contributed by atoms with E-state index in [4.69, 9.17) is 9.47 Å². The first-order chi connectivity index (χ1) is 9.29. The number of hydrogen-bond acceptors (Lipinski definition) is 4. The Balaban J connectivity index is 3.84. The molecule has 0 amide bonds. The van der Waals surface area contributed by atoms with Crippen molar-refractivity contribution in [3.8, 4) is 0 Å². The molecule has 0 radical (unpaired) electrons. The van der Waals surface area contributed by atoms with Crippen molar-refractivity contribution < 1.29 is 18.8 Å². The second kappa shape index (κ2) is 10.3. The molecule has 20 heavy (non-hydrogen) atoms. The molecular formula is C15H30O4P+. The van der Waals surface area contributed by atoms with Gasteiger partial charge in [0.25, 0.3) is 0 Å². The quantitative estimate of drug-likeness (QED) is 0.329. The first-order valence-corrected chi connectivity index (χ1v) is 8.92. The molecule has 0 saturated heterocycles. The molecule has 0 aliphatic rings. The minimum atomic E-state index is -1.36. The molecule has 0 aromatic rings. The van der Waals surface area contributed by atoms with Gasteiger partial charge < -0.3 is 9.47 Å². The normalized spacial score (nSPS) is 12.6. The van der Waals surface area contributed by atoms with Crippen molar-refractivity contribution in [2.24, 2.45) is 5.92 Å². The minimum Gasteiger partial charge on any atom is -0.465 e. The second-order valence-corrected chi connectivity index (χ2v) is 8.45. The molecule has 0 aromatic heterocycles. The van der Waals surface area contributed by atoms with Crippen LogP contribution >= 0.6 is 7.80 Å². The Morgan fingerprint density at radius 2 is 1.85 bits per heavy atom. The highest BCUT2D eigenvalue weighted by Crippen LogP contribution is 2.40. The molecule has 0 aliphatic carbocycles. The smallest absolute Gasteiger partial charge is 0.346 e. The summed E-state index contributed by atoms with van der Waals surface area (Å²) in [5, 5.41) is -0.315. The van der Waals surface area contributed by atoms with E-state index < -0.39 is 7.80 Å². The van der Waals surface area contributed by atoms with Crippen molar-refractivity contribution in [2.45, 2.75) is 59.0 Å². The number of carbonyl (C=O) groups is 1. The van der Waals surface area contributed by atoms with Crippen LogP contribution in [0.5, 0.6) is 0 Å². The van der Waals surface area contributed by atoms with Gasteiger partial charge >= 0.3 is 13.8 Å².